The number of nitrogens with zero attached hydrogens (tertiary/aromatic N) is 7. The SMILES string of the molecule is CCSc1nc2nnc3c(CC(=O)OC)nn(-c4ccc(Cl)cc4)c3n2n1. The van der Waals surface area contributed by atoms with Crippen molar-refractivity contribution in [2.45, 2.75) is 18.5 Å². The Morgan fingerprint density at radius 2 is 2.00 bits per heavy atom. The minimum atomic E-state index is -0.416. The van der Waals surface area contributed by atoms with Crippen LogP contribution < -0.4 is 0 Å². The number of thioether (sulfide) groups is 1. The fourth-order valence-electron chi connectivity index (χ4n) is 2.60. The van der Waals surface area contributed by atoms with Gasteiger partial charge in [-0.25, -0.2) is 4.68 Å². The molecule has 3 heterocycles. The van der Waals surface area contributed by atoms with Crippen LogP contribution in [0.25, 0.3) is 22.6 Å². The summed E-state index contributed by atoms with van der Waals surface area (Å²) in [4.78, 5) is 16.2. The third-order valence-corrected chi connectivity index (χ3v) is 4.77. The van der Waals surface area contributed by atoms with Crippen molar-refractivity contribution in [3.05, 3.63) is 35.0 Å². The van der Waals surface area contributed by atoms with Crippen LogP contribution in [0.5, 0.6) is 0 Å². The summed E-state index contributed by atoms with van der Waals surface area (Å²) in [5.74, 6) is 0.774. The smallest absolute Gasteiger partial charge is 0.311 e. The van der Waals surface area contributed by atoms with Crippen LogP contribution in [0.15, 0.2) is 29.4 Å². The Morgan fingerprint density at radius 1 is 1.22 bits per heavy atom. The van der Waals surface area contributed by atoms with E-state index in [0.717, 1.165) is 11.4 Å². The van der Waals surface area contributed by atoms with Crippen molar-refractivity contribution in [2.75, 3.05) is 12.9 Å². The number of aromatic nitrogens is 7. The summed E-state index contributed by atoms with van der Waals surface area (Å²) in [7, 11) is 1.33. The number of esters is 1. The van der Waals surface area contributed by atoms with Crippen LogP contribution in [-0.2, 0) is 16.0 Å². The Balaban J connectivity index is 1.99. The highest BCUT2D eigenvalue weighted by Gasteiger charge is 2.21. The lowest BCUT2D eigenvalue weighted by Crippen LogP contribution is -2.06. The Hall–Kier alpha value is -2.72. The molecule has 0 aliphatic rings. The molecule has 0 amide bonds. The number of carbonyl (C=O) groups excluding carboxylic acids is 1. The van der Waals surface area contributed by atoms with Gasteiger partial charge in [-0.1, -0.05) is 30.3 Å². The van der Waals surface area contributed by atoms with E-state index in [0.29, 0.717) is 32.8 Å². The standard InChI is InChI=1S/C16H14ClN7O2S/c1-3-27-16-18-15-20-19-13-11(8-12(25)26-2)21-23(14(13)24(15)22-16)10-6-4-9(17)5-7-10/h4-7H,3,8H2,1-2H3. The first-order chi connectivity index (χ1) is 13.1. The average molecular weight is 404 g/mol. The number of ether oxygens (including phenoxy) is 1. The van der Waals surface area contributed by atoms with Gasteiger partial charge in [-0.05, 0) is 30.0 Å². The lowest BCUT2D eigenvalue weighted by atomic mass is 10.3. The molecular formula is C16H14ClN7O2S. The number of hydrogen-bond donors (Lipinski definition) is 0. The Morgan fingerprint density at radius 3 is 2.70 bits per heavy atom. The predicted molar refractivity (Wildman–Crippen MR) is 100 cm³/mol. The number of rotatable bonds is 5. The molecule has 0 atom stereocenters. The highest BCUT2D eigenvalue weighted by Crippen LogP contribution is 2.23. The fourth-order valence-corrected chi connectivity index (χ4v) is 3.27. The van der Waals surface area contributed by atoms with Gasteiger partial charge in [-0.15, -0.1) is 15.3 Å². The summed E-state index contributed by atoms with van der Waals surface area (Å²) in [6.45, 7) is 2.02. The van der Waals surface area contributed by atoms with Crippen LogP contribution in [0.2, 0.25) is 5.02 Å². The van der Waals surface area contributed by atoms with Gasteiger partial charge in [0.05, 0.1) is 19.2 Å². The third kappa shape index (κ3) is 3.21. The lowest BCUT2D eigenvalue weighted by Gasteiger charge is -2.03. The second kappa shape index (κ2) is 7.12. The van der Waals surface area contributed by atoms with Gasteiger partial charge in [0.25, 0.3) is 5.78 Å². The molecule has 27 heavy (non-hydrogen) atoms. The molecule has 3 aromatic heterocycles. The molecule has 9 nitrogen and oxygen atoms in total. The summed E-state index contributed by atoms with van der Waals surface area (Å²) < 4.78 is 8.00. The van der Waals surface area contributed by atoms with Crippen LogP contribution in [0.4, 0.5) is 0 Å². The van der Waals surface area contributed by atoms with Crippen molar-refractivity contribution < 1.29 is 9.53 Å². The van der Waals surface area contributed by atoms with E-state index in [4.69, 9.17) is 16.3 Å². The largest absolute Gasteiger partial charge is 0.469 e. The van der Waals surface area contributed by atoms with Gasteiger partial charge < -0.3 is 4.74 Å². The van der Waals surface area contributed by atoms with E-state index in [1.54, 1.807) is 21.3 Å². The van der Waals surface area contributed by atoms with E-state index in [-0.39, 0.29) is 6.42 Å². The minimum absolute atomic E-state index is 0.0287. The molecule has 4 aromatic rings. The zero-order valence-corrected chi connectivity index (χ0v) is 16.0. The van der Waals surface area contributed by atoms with Crippen molar-refractivity contribution in [1.29, 1.82) is 0 Å². The van der Waals surface area contributed by atoms with Crippen LogP contribution >= 0.6 is 23.4 Å². The van der Waals surface area contributed by atoms with E-state index in [2.05, 4.69) is 25.4 Å². The highest BCUT2D eigenvalue weighted by atomic mass is 35.5. The number of benzene rings is 1. The molecule has 11 heteroatoms. The minimum Gasteiger partial charge on any atom is -0.469 e. The van der Waals surface area contributed by atoms with E-state index < -0.39 is 5.97 Å². The van der Waals surface area contributed by atoms with Crippen LogP contribution in [-0.4, -0.2) is 53.4 Å². The van der Waals surface area contributed by atoms with Crippen LogP contribution in [0.3, 0.4) is 0 Å². The maximum Gasteiger partial charge on any atom is 0.311 e. The lowest BCUT2D eigenvalue weighted by molar-refractivity contribution is -0.139. The van der Waals surface area contributed by atoms with Gasteiger partial charge in [-0.3, -0.25) is 4.79 Å². The molecule has 0 radical (unpaired) electrons. The normalized spacial score (nSPS) is 11.4. The van der Waals surface area contributed by atoms with Crippen molar-refractivity contribution in [2.24, 2.45) is 0 Å². The summed E-state index contributed by atoms with van der Waals surface area (Å²) in [6.07, 6.45) is -0.0287. The van der Waals surface area contributed by atoms with Gasteiger partial charge in [-0.2, -0.15) is 14.6 Å². The molecule has 0 aliphatic heterocycles. The molecular weight excluding hydrogens is 390 g/mol. The van der Waals surface area contributed by atoms with E-state index in [1.807, 2.05) is 19.1 Å². The van der Waals surface area contributed by atoms with E-state index >= 15 is 0 Å². The van der Waals surface area contributed by atoms with Gasteiger partial charge in [0.1, 0.15) is 5.69 Å². The van der Waals surface area contributed by atoms with E-state index in [9.17, 15) is 4.79 Å². The maximum atomic E-state index is 11.8. The maximum absolute atomic E-state index is 11.8. The number of methoxy groups -OCH3 is 1. The molecule has 0 aliphatic carbocycles. The van der Waals surface area contributed by atoms with Crippen LogP contribution in [0, 0.1) is 0 Å². The van der Waals surface area contributed by atoms with Gasteiger partial charge in [0.15, 0.2) is 11.2 Å². The molecule has 138 valence electrons. The molecule has 0 bridgehead atoms. The molecule has 1 aromatic carbocycles. The fraction of sp³-hybridized carbons (Fsp3) is 0.250. The van der Waals surface area contributed by atoms with Crippen molar-refractivity contribution in [3.8, 4) is 5.69 Å². The first kappa shape index (κ1) is 17.7. The third-order valence-electron chi connectivity index (χ3n) is 3.80. The van der Waals surface area contributed by atoms with Gasteiger partial charge in [0, 0.05) is 5.02 Å². The second-order valence-electron chi connectivity index (χ2n) is 5.50. The molecule has 0 N–H and O–H groups in total. The van der Waals surface area contributed by atoms with Crippen molar-refractivity contribution >= 4 is 46.3 Å². The van der Waals surface area contributed by atoms with Gasteiger partial charge in [0.2, 0.25) is 5.16 Å². The molecule has 0 spiro atoms. The summed E-state index contributed by atoms with van der Waals surface area (Å²) in [5, 5.41) is 18.6. The van der Waals surface area contributed by atoms with E-state index in [1.165, 1.54) is 18.9 Å². The van der Waals surface area contributed by atoms with Gasteiger partial charge >= 0.3 is 5.97 Å². The predicted octanol–water partition coefficient (Wildman–Crippen LogP) is 2.34. The van der Waals surface area contributed by atoms with Crippen molar-refractivity contribution in [1.82, 2.24) is 34.6 Å². The van der Waals surface area contributed by atoms with Crippen molar-refractivity contribution in [3.63, 3.8) is 0 Å². The molecule has 0 fully saturated rings. The Bertz CT molecular complexity index is 1140. The number of carbonyl (C=O) groups is 1. The Labute approximate surface area is 162 Å². The monoisotopic (exact) mass is 403 g/mol. The Kier molecular flexibility index (Phi) is 4.66. The topological polar surface area (TPSA) is 100 Å². The highest BCUT2D eigenvalue weighted by molar-refractivity contribution is 7.99. The average Bonchev–Trinajstić information content (AvgIpc) is 3.23. The number of hydrogen-bond acceptors (Lipinski definition) is 8. The summed E-state index contributed by atoms with van der Waals surface area (Å²) in [5.41, 5.74) is 2.22. The zero-order chi connectivity index (χ0) is 19.0. The quantitative estimate of drug-likeness (QED) is 0.369. The molecule has 0 unspecified atom stereocenters. The molecule has 0 saturated heterocycles. The molecule has 0 saturated carbocycles. The zero-order valence-electron chi connectivity index (χ0n) is 14.5. The first-order valence-electron chi connectivity index (χ1n) is 8.07. The number of halogens is 1. The number of fused-ring (bicyclic) bond motifs is 3. The molecule has 4 rings (SSSR count). The van der Waals surface area contributed by atoms with Crippen LogP contribution in [0.1, 0.15) is 12.6 Å². The summed E-state index contributed by atoms with van der Waals surface area (Å²) >= 11 is 7.50. The summed E-state index contributed by atoms with van der Waals surface area (Å²) in [6, 6.07) is 7.16. The first-order valence-corrected chi connectivity index (χ1v) is 9.43. The second-order valence-corrected chi connectivity index (χ2v) is 7.17.